The molecule has 2 saturated heterocycles. The van der Waals surface area contributed by atoms with Crippen LogP contribution in [-0.4, -0.2) is 66.1 Å². The van der Waals surface area contributed by atoms with E-state index in [1.165, 1.54) is 17.1 Å². The standard InChI is InChI=1S/C26H31N5O3S/c1-19-4-9-25(28-17-19)29-23-11-15-31(18-24(23)32)35(33,34)22-7-5-20(6-8-22)21-10-12-27-26(16-21)30-13-2-3-14-30/h4-10,12,16-17,23-24,32H,2-3,11,13-15,18H2,1H3,(H,28,29)/t23-,24+/m1/s1. The topological polar surface area (TPSA) is 98.7 Å². The van der Waals surface area contributed by atoms with Crippen molar-refractivity contribution < 1.29 is 13.5 Å². The van der Waals surface area contributed by atoms with Gasteiger partial charge >= 0.3 is 0 Å². The molecule has 2 fully saturated rings. The van der Waals surface area contributed by atoms with Crippen LogP contribution in [0.5, 0.6) is 0 Å². The van der Waals surface area contributed by atoms with E-state index in [-0.39, 0.29) is 17.5 Å². The molecule has 0 spiro atoms. The molecule has 35 heavy (non-hydrogen) atoms. The van der Waals surface area contributed by atoms with Crippen LogP contribution < -0.4 is 10.2 Å². The highest BCUT2D eigenvalue weighted by atomic mass is 32.2. The third-order valence-corrected chi connectivity index (χ3v) is 8.67. The summed E-state index contributed by atoms with van der Waals surface area (Å²) in [5.41, 5.74) is 3.01. The largest absolute Gasteiger partial charge is 0.390 e. The molecule has 0 radical (unpaired) electrons. The smallest absolute Gasteiger partial charge is 0.243 e. The maximum Gasteiger partial charge on any atom is 0.243 e. The van der Waals surface area contributed by atoms with E-state index in [1.807, 2.05) is 37.3 Å². The van der Waals surface area contributed by atoms with Crippen molar-refractivity contribution in [3.8, 4) is 11.1 Å². The molecular formula is C26H31N5O3S. The van der Waals surface area contributed by atoms with Gasteiger partial charge in [-0.05, 0) is 73.2 Å². The van der Waals surface area contributed by atoms with Crippen LogP contribution in [0.15, 0.2) is 65.8 Å². The van der Waals surface area contributed by atoms with E-state index < -0.39 is 16.1 Å². The fourth-order valence-electron chi connectivity index (χ4n) is 4.72. The molecule has 2 atom stereocenters. The molecule has 2 aliphatic heterocycles. The average Bonchev–Trinajstić information content (AvgIpc) is 3.42. The van der Waals surface area contributed by atoms with Gasteiger partial charge in [-0.25, -0.2) is 18.4 Å². The number of anilines is 2. The van der Waals surface area contributed by atoms with Gasteiger partial charge in [0.15, 0.2) is 0 Å². The van der Waals surface area contributed by atoms with Crippen molar-refractivity contribution in [2.45, 2.75) is 43.2 Å². The number of benzene rings is 1. The highest BCUT2D eigenvalue weighted by Gasteiger charge is 2.34. The molecule has 0 aliphatic carbocycles. The molecular weight excluding hydrogens is 462 g/mol. The predicted octanol–water partition coefficient (Wildman–Crippen LogP) is 3.29. The lowest BCUT2D eigenvalue weighted by Gasteiger charge is -2.35. The van der Waals surface area contributed by atoms with Crippen molar-refractivity contribution in [2.75, 3.05) is 36.4 Å². The monoisotopic (exact) mass is 493 g/mol. The summed E-state index contributed by atoms with van der Waals surface area (Å²) >= 11 is 0. The normalized spacial score (nSPS) is 21.3. The van der Waals surface area contributed by atoms with Gasteiger partial charge in [0, 0.05) is 38.6 Å². The molecule has 1 aromatic carbocycles. The summed E-state index contributed by atoms with van der Waals surface area (Å²) in [6.45, 7) is 4.37. The summed E-state index contributed by atoms with van der Waals surface area (Å²) in [6, 6.07) is 14.5. The average molecular weight is 494 g/mol. The van der Waals surface area contributed by atoms with Crippen molar-refractivity contribution in [3.05, 3.63) is 66.5 Å². The Morgan fingerprint density at radius 1 is 0.971 bits per heavy atom. The van der Waals surface area contributed by atoms with Gasteiger partial charge in [-0.1, -0.05) is 18.2 Å². The van der Waals surface area contributed by atoms with Crippen molar-refractivity contribution >= 4 is 21.7 Å². The fourth-order valence-corrected chi connectivity index (χ4v) is 6.19. The number of aliphatic hydroxyl groups excluding tert-OH is 1. The van der Waals surface area contributed by atoms with E-state index in [1.54, 1.807) is 24.5 Å². The van der Waals surface area contributed by atoms with E-state index >= 15 is 0 Å². The van der Waals surface area contributed by atoms with Crippen molar-refractivity contribution in [3.63, 3.8) is 0 Å². The number of piperidine rings is 1. The minimum atomic E-state index is -3.71. The summed E-state index contributed by atoms with van der Waals surface area (Å²) in [7, 11) is -3.71. The number of sulfonamides is 1. The summed E-state index contributed by atoms with van der Waals surface area (Å²) in [6.07, 6.45) is 5.59. The number of pyridine rings is 2. The zero-order valence-corrected chi connectivity index (χ0v) is 20.7. The van der Waals surface area contributed by atoms with Gasteiger partial charge < -0.3 is 15.3 Å². The molecule has 2 aliphatic rings. The van der Waals surface area contributed by atoms with Crippen LogP contribution in [0.4, 0.5) is 11.6 Å². The first-order valence-electron chi connectivity index (χ1n) is 12.1. The number of hydrogen-bond donors (Lipinski definition) is 2. The number of aromatic nitrogens is 2. The van der Waals surface area contributed by atoms with E-state index in [2.05, 4.69) is 26.3 Å². The van der Waals surface area contributed by atoms with Crippen molar-refractivity contribution in [2.24, 2.45) is 0 Å². The third kappa shape index (κ3) is 5.17. The van der Waals surface area contributed by atoms with Gasteiger partial charge in [-0.2, -0.15) is 4.31 Å². The number of hydrogen-bond acceptors (Lipinski definition) is 7. The Morgan fingerprint density at radius 3 is 2.43 bits per heavy atom. The van der Waals surface area contributed by atoms with Gasteiger partial charge in [0.2, 0.25) is 10.0 Å². The lowest BCUT2D eigenvalue weighted by atomic mass is 10.0. The molecule has 0 unspecified atom stereocenters. The van der Waals surface area contributed by atoms with E-state index in [0.717, 1.165) is 35.6 Å². The number of aryl methyl sites for hydroxylation is 1. The maximum atomic E-state index is 13.3. The molecule has 4 heterocycles. The molecule has 8 nitrogen and oxygen atoms in total. The number of β-amino-alcohol motifs (C(OH)–C–C–N with tert-alkyl or cyclic N) is 1. The van der Waals surface area contributed by atoms with Crippen LogP contribution in [0.1, 0.15) is 24.8 Å². The Balaban J connectivity index is 1.26. The van der Waals surface area contributed by atoms with Gasteiger partial charge in [0.05, 0.1) is 17.0 Å². The van der Waals surface area contributed by atoms with Crippen LogP contribution in [0.3, 0.4) is 0 Å². The summed E-state index contributed by atoms with van der Waals surface area (Å²) in [5, 5.41) is 13.9. The molecule has 5 rings (SSSR count). The van der Waals surface area contributed by atoms with Crippen LogP contribution in [-0.2, 0) is 10.0 Å². The second-order valence-corrected chi connectivity index (χ2v) is 11.2. The highest BCUT2D eigenvalue weighted by molar-refractivity contribution is 7.89. The maximum absolute atomic E-state index is 13.3. The lowest BCUT2D eigenvalue weighted by molar-refractivity contribution is 0.0949. The summed E-state index contributed by atoms with van der Waals surface area (Å²) < 4.78 is 27.9. The minimum absolute atomic E-state index is 0.0389. The third-order valence-electron chi connectivity index (χ3n) is 6.79. The molecule has 2 aromatic heterocycles. The molecule has 184 valence electrons. The van der Waals surface area contributed by atoms with Gasteiger partial charge in [0.1, 0.15) is 11.6 Å². The highest BCUT2D eigenvalue weighted by Crippen LogP contribution is 2.28. The Labute approximate surface area is 206 Å². The molecule has 0 amide bonds. The van der Waals surface area contributed by atoms with E-state index in [4.69, 9.17) is 0 Å². The molecule has 0 saturated carbocycles. The molecule has 2 N–H and O–H groups in total. The van der Waals surface area contributed by atoms with E-state index in [9.17, 15) is 13.5 Å². The number of nitrogens with one attached hydrogen (secondary N) is 1. The Hall–Kier alpha value is -3.01. The predicted molar refractivity (Wildman–Crippen MR) is 137 cm³/mol. The van der Waals surface area contributed by atoms with Gasteiger partial charge in [-0.3, -0.25) is 0 Å². The second-order valence-electron chi connectivity index (χ2n) is 9.31. The van der Waals surface area contributed by atoms with Crippen LogP contribution in [0, 0.1) is 6.92 Å². The number of nitrogens with zero attached hydrogens (tertiary/aromatic N) is 4. The van der Waals surface area contributed by atoms with Gasteiger partial charge in [0.25, 0.3) is 0 Å². The van der Waals surface area contributed by atoms with Gasteiger partial charge in [-0.15, -0.1) is 0 Å². The molecule has 0 bridgehead atoms. The fraction of sp³-hybridized carbons (Fsp3) is 0.385. The van der Waals surface area contributed by atoms with Crippen LogP contribution in [0.2, 0.25) is 0 Å². The van der Waals surface area contributed by atoms with Crippen LogP contribution >= 0.6 is 0 Å². The van der Waals surface area contributed by atoms with E-state index in [0.29, 0.717) is 18.8 Å². The first-order valence-corrected chi connectivity index (χ1v) is 13.5. The zero-order valence-electron chi connectivity index (χ0n) is 19.8. The van der Waals surface area contributed by atoms with Crippen LogP contribution in [0.25, 0.3) is 11.1 Å². The Kier molecular flexibility index (Phi) is 6.73. The quantitative estimate of drug-likeness (QED) is 0.544. The minimum Gasteiger partial charge on any atom is -0.390 e. The SMILES string of the molecule is Cc1ccc(N[C@@H]2CCN(S(=O)(=O)c3ccc(-c4ccnc(N5CCCC5)c4)cc3)C[C@@H]2O)nc1. The first kappa shape index (κ1) is 23.7. The molecule has 3 aromatic rings. The number of aliphatic hydroxyl groups is 1. The number of rotatable bonds is 6. The van der Waals surface area contributed by atoms with Crippen molar-refractivity contribution in [1.29, 1.82) is 0 Å². The zero-order chi connectivity index (χ0) is 24.4. The Bertz CT molecular complexity index is 1260. The Morgan fingerprint density at radius 2 is 1.74 bits per heavy atom. The summed E-state index contributed by atoms with van der Waals surface area (Å²) in [4.78, 5) is 11.3. The molecule has 9 heteroatoms. The second kappa shape index (κ2) is 9.93. The lowest BCUT2D eigenvalue weighted by Crippen LogP contribution is -2.51. The summed E-state index contributed by atoms with van der Waals surface area (Å²) in [5.74, 6) is 1.64. The first-order chi connectivity index (χ1) is 16.9. The van der Waals surface area contributed by atoms with Crippen molar-refractivity contribution in [1.82, 2.24) is 14.3 Å².